The monoisotopic (exact) mass is 482 g/mol. The van der Waals surface area contributed by atoms with E-state index in [9.17, 15) is 26.8 Å². The third-order valence-electron chi connectivity index (χ3n) is 4.98. The number of esters is 1. The van der Waals surface area contributed by atoms with Gasteiger partial charge in [-0.15, -0.1) is 0 Å². The smallest absolute Gasteiger partial charge is 0.387 e. The van der Waals surface area contributed by atoms with Crippen LogP contribution in [0.2, 0.25) is 0 Å². The second-order valence-corrected chi connectivity index (χ2v) is 9.28. The van der Waals surface area contributed by atoms with E-state index in [4.69, 9.17) is 4.74 Å². The summed E-state index contributed by atoms with van der Waals surface area (Å²) >= 11 is 0. The zero-order valence-corrected chi connectivity index (χ0v) is 18.5. The van der Waals surface area contributed by atoms with Gasteiger partial charge in [0.05, 0.1) is 4.90 Å². The molecule has 2 aromatic carbocycles. The molecule has 11 heteroatoms. The Balaban J connectivity index is 1.62. The average Bonchev–Trinajstić information content (AvgIpc) is 3.08. The van der Waals surface area contributed by atoms with E-state index in [0.717, 1.165) is 25.7 Å². The largest absolute Gasteiger partial charge is 0.452 e. The lowest BCUT2D eigenvalue weighted by Crippen LogP contribution is -2.32. The van der Waals surface area contributed by atoms with E-state index in [0.29, 0.717) is 13.1 Å². The molecule has 0 radical (unpaired) electrons. The topological polar surface area (TPSA) is 102 Å². The van der Waals surface area contributed by atoms with Crippen LogP contribution in [0.15, 0.2) is 53.4 Å². The molecular formula is C22H24F2N2O6S. The summed E-state index contributed by atoms with van der Waals surface area (Å²) in [5.74, 6) is -2.11. The quantitative estimate of drug-likeness (QED) is 0.577. The molecule has 8 nitrogen and oxygen atoms in total. The van der Waals surface area contributed by atoms with Crippen molar-refractivity contribution in [1.82, 2.24) is 4.31 Å². The molecule has 1 heterocycles. The predicted molar refractivity (Wildman–Crippen MR) is 116 cm³/mol. The minimum atomic E-state index is -3.70. The fraction of sp³-hybridized carbons (Fsp3) is 0.364. The summed E-state index contributed by atoms with van der Waals surface area (Å²) in [6.07, 6.45) is 3.57. The second kappa shape index (κ2) is 11.2. The number of alkyl halides is 2. The van der Waals surface area contributed by atoms with Gasteiger partial charge in [0.25, 0.3) is 5.91 Å². The molecule has 33 heavy (non-hydrogen) atoms. The van der Waals surface area contributed by atoms with Crippen molar-refractivity contribution < 1.29 is 36.3 Å². The minimum Gasteiger partial charge on any atom is -0.452 e. The molecule has 0 aromatic heterocycles. The molecule has 1 aliphatic heterocycles. The van der Waals surface area contributed by atoms with Crippen LogP contribution in [0.3, 0.4) is 0 Å². The zero-order valence-electron chi connectivity index (χ0n) is 17.7. The Kier molecular flexibility index (Phi) is 8.34. The molecule has 1 fully saturated rings. The second-order valence-electron chi connectivity index (χ2n) is 7.35. The van der Waals surface area contributed by atoms with Crippen LogP contribution >= 0.6 is 0 Å². The van der Waals surface area contributed by atoms with E-state index in [1.54, 1.807) is 0 Å². The highest BCUT2D eigenvalue weighted by molar-refractivity contribution is 7.89. The first-order valence-corrected chi connectivity index (χ1v) is 11.8. The van der Waals surface area contributed by atoms with Crippen molar-refractivity contribution in [2.45, 2.75) is 37.2 Å². The number of rotatable bonds is 8. The number of halogens is 2. The number of hydrogen-bond donors (Lipinski definition) is 1. The Morgan fingerprint density at radius 2 is 1.70 bits per heavy atom. The van der Waals surface area contributed by atoms with E-state index in [-0.39, 0.29) is 21.9 Å². The van der Waals surface area contributed by atoms with Gasteiger partial charge >= 0.3 is 12.6 Å². The summed E-state index contributed by atoms with van der Waals surface area (Å²) in [5, 5.41) is 2.47. The number of carbonyl (C=O) groups is 2. The zero-order chi connectivity index (χ0) is 23.8. The van der Waals surface area contributed by atoms with Crippen LogP contribution in [-0.4, -0.2) is 50.9 Å². The average molecular weight is 483 g/mol. The lowest BCUT2D eigenvalue weighted by Gasteiger charge is -2.20. The normalized spacial score (nSPS) is 15.0. The standard InChI is InChI=1S/C22H24F2N2O6S/c23-22(24)32-19-11-4-3-10-18(19)21(28)31-15-20(27)25-16-8-7-9-17(14-16)33(29,30)26-12-5-1-2-6-13-26/h3-4,7-11,14,22H,1-2,5-6,12-13,15H2,(H,25,27). The predicted octanol–water partition coefficient (Wildman–Crippen LogP) is 3.65. The number of carbonyl (C=O) groups excluding carboxylic acids is 2. The van der Waals surface area contributed by atoms with Gasteiger partial charge in [0.15, 0.2) is 6.61 Å². The highest BCUT2D eigenvalue weighted by Gasteiger charge is 2.25. The van der Waals surface area contributed by atoms with Gasteiger partial charge in [-0.2, -0.15) is 13.1 Å². The summed E-state index contributed by atoms with van der Waals surface area (Å²) in [4.78, 5) is 24.5. The van der Waals surface area contributed by atoms with Crippen molar-refractivity contribution in [1.29, 1.82) is 0 Å². The molecule has 1 amide bonds. The maximum atomic E-state index is 12.9. The van der Waals surface area contributed by atoms with E-state index in [1.165, 1.54) is 52.8 Å². The molecule has 0 unspecified atom stereocenters. The SMILES string of the molecule is O=C(COC(=O)c1ccccc1OC(F)F)Nc1cccc(S(=O)(=O)N2CCCCCC2)c1. The van der Waals surface area contributed by atoms with Crippen LogP contribution in [0.5, 0.6) is 5.75 Å². The van der Waals surface area contributed by atoms with Gasteiger partial charge in [0.2, 0.25) is 10.0 Å². The Bertz CT molecular complexity index is 1090. The van der Waals surface area contributed by atoms with Gasteiger partial charge in [-0.05, 0) is 43.2 Å². The van der Waals surface area contributed by atoms with Gasteiger partial charge in [0, 0.05) is 18.8 Å². The number of sulfonamides is 1. The maximum absolute atomic E-state index is 12.9. The lowest BCUT2D eigenvalue weighted by molar-refractivity contribution is -0.119. The fourth-order valence-corrected chi connectivity index (χ4v) is 4.97. The molecular weight excluding hydrogens is 458 g/mol. The Morgan fingerprint density at radius 3 is 2.39 bits per heavy atom. The number of amides is 1. The summed E-state index contributed by atoms with van der Waals surface area (Å²) in [7, 11) is -3.70. The number of anilines is 1. The Morgan fingerprint density at radius 1 is 1.00 bits per heavy atom. The van der Waals surface area contributed by atoms with Crippen LogP contribution in [-0.2, 0) is 19.6 Å². The minimum absolute atomic E-state index is 0.0530. The third-order valence-corrected chi connectivity index (χ3v) is 6.87. The number of nitrogens with zero attached hydrogens (tertiary/aromatic N) is 1. The third kappa shape index (κ3) is 6.72. The molecule has 1 aliphatic rings. The highest BCUT2D eigenvalue weighted by Crippen LogP contribution is 2.23. The van der Waals surface area contributed by atoms with E-state index in [2.05, 4.69) is 10.1 Å². The van der Waals surface area contributed by atoms with E-state index < -0.39 is 35.1 Å². The van der Waals surface area contributed by atoms with Crippen molar-refractivity contribution in [3.63, 3.8) is 0 Å². The van der Waals surface area contributed by atoms with E-state index >= 15 is 0 Å². The van der Waals surface area contributed by atoms with Crippen molar-refractivity contribution in [2.75, 3.05) is 25.0 Å². The number of ether oxygens (including phenoxy) is 2. The van der Waals surface area contributed by atoms with Crippen molar-refractivity contribution in [3.05, 3.63) is 54.1 Å². The first kappa shape index (κ1) is 24.6. The van der Waals surface area contributed by atoms with Gasteiger partial charge in [-0.1, -0.05) is 31.0 Å². The number of hydrogen-bond acceptors (Lipinski definition) is 6. The number of nitrogens with one attached hydrogen (secondary N) is 1. The Hall–Kier alpha value is -3.05. The van der Waals surface area contributed by atoms with Crippen LogP contribution in [0, 0.1) is 0 Å². The van der Waals surface area contributed by atoms with Crippen molar-refractivity contribution >= 4 is 27.6 Å². The molecule has 3 rings (SSSR count). The molecule has 1 saturated heterocycles. The summed E-state index contributed by atoms with van der Waals surface area (Å²) in [6, 6.07) is 11.1. The highest BCUT2D eigenvalue weighted by atomic mass is 32.2. The molecule has 0 spiro atoms. The molecule has 0 saturated carbocycles. The lowest BCUT2D eigenvalue weighted by atomic mass is 10.2. The fourth-order valence-electron chi connectivity index (χ4n) is 3.41. The van der Waals surface area contributed by atoms with Gasteiger partial charge in [-0.3, -0.25) is 4.79 Å². The molecule has 1 N–H and O–H groups in total. The van der Waals surface area contributed by atoms with Crippen molar-refractivity contribution in [3.8, 4) is 5.75 Å². The molecule has 178 valence electrons. The first-order chi connectivity index (χ1) is 15.8. The van der Waals surface area contributed by atoms with E-state index in [1.807, 2.05) is 0 Å². The number of para-hydroxylation sites is 1. The van der Waals surface area contributed by atoms with Gasteiger partial charge < -0.3 is 14.8 Å². The van der Waals surface area contributed by atoms with Crippen molar-refractivity contribution in [2.24, 2.45) is 0 Å². The van der Waals surface area contributed by atoms with Gasteiger partial charge in [-0.25, -0.2) is 13.2 Å². The van der Waals surface area contributed by atoms with Gasteiger partial charge in [0.1, 0.15) is 11.3 Å². The molecule has 0 bridgehead atoms. The van der Waals surface area contributed by atoms with Crippen LogP contribution < -0.4 is 10.1 Å². The molecule has 0 aliphatic carbocycles. The van der Waals surface area contributed by atoms with Crippen LogP contribution in [0.4, 0.5) is 14.5 Å². The maximum Gasteiger partial charge on any atom is 0.387 e. The summed E-state index contributed by atoms with van der Waals surface area (Å²) in [5.41, 5.74) is -0.0375. The first-order valence-electron chi connectivity index (χ1n) is 10.4. The molecule has 0 atom stereocenters. The summed E-state index contributed by atoms with van der Waals surface area (Å²) < 4.78 is 61.5. The van der Waals surface area contributed by atoms with Crippen LogP contribution in [0.1, 0.15) is 36.0 Å². The van der Waals surface area contributed by atoms with Crippen LogP contribution in [0.25, 0.3) is 0 Å². The Labute approximate surface area is 190 Å². The number of benzene rings is 2. The molecule has 2 aromatic rings. The summed E-state index contributed by atoms with van der Waals surface area (Å²) in [6.45, 7) is -2.93.